The Bertz CT molecular complexity index is 1060. The van der Waals surface area contributed by atoms with Crippen molar-refractivity contribution < 1.29 is 17.5 Å². The topological polar surface area (TPSA) is 59.2 Å². The highest BCUT2D eigenvalue weighted by Gasteiger charge is 2.23. The second-order valence-electron chi connectivity index (χ2n) is 6.73. The van der Waals surface area contributed by atoms with Crippen LogP contribution in [0.3, 0.4) is 0 Å². The van der Waals surface area contributed by atoms with E-state index in [1.807, 2.05) is 26.1 Å². The van der Waals surface area contributed by atoms with Crippen molar-refractivity contribution in [3.63, 3.8) is 0 Å². The summed E-state index contributed by atoms with van der Waals surface area (Å²) in [6.07, 6.45) is 5.31. The summed E-state index contributed by atoms with van der Waals surface area (Å²) in [7, 11) is -3.48. The van der Waals surface area contributed by atoms with Crippen molar-refractivity contribution in [2.45, 2.75) is 25.2 Å². The van der Waals surface area contributed by atoms with Gasteiger partial charge in [-0.15, -0.1) is 0 Å². The first-order valence-electron chi connectivity index (χ1n) is 9.16. The van der Waals surface area contributed by atoms with Gasteiger partial charge in [0.2, 0.25) is 0 Å². The SMILES string of the molecule is CCOCCc1c(S(C)(=O)=O)cc(-c2cc[nH]c2)c(C)c1-c1ccc(F)cc1. The summed E-state index contributed by atoms with van der Waals surface area (Å²) in [4.78, 5) is 3.30. The monoisotopic (exact) mass is 401 g/mol. The molecule has 0 saturated carbocycles. The molecular formula is C22H24FNO3S. The lowest BCUT2D eigenvalue weighted by Gasteiger charge is -2.20. The lowest BCUT2D eigenvalue weighted by Crippen LogP contribution is -2.10. The van der Waals surface area contributed by atoms with Crippen molar-refractivity contribution in [1.29, 1.82) is 0 Å². The van der Waals surface area contributed by atoms with E-state index >= 15 is 0 Å². The van der Waals surface area contributed by atoms with E-state index in [1.54, 1.807) is 24.4 Å². The van der Waals surface area contributed by atoms with Crippen LogP contribution in [0.2, 0.25) is 0 Å². The Balaban J connectivity index is 2.34. The molecule has 0 aliphatic heterocycles. The number of benzene rings is 2. The summed E-state index contributed by atoms with van der Waals surface area (Å²) in [5, 5.41) is 0. The van der Waals surface area contributed by atoms with E-state index in [1.165, 1.54) is 18.4 Å². The number of aromatic nitrogens is 1. The standard InChI is InChI=1S/C22H24FNO3S/c1-4-27-12-10-19-21(28(3,25)26)13-20(17-9-11-24-14-17)15(2)22(19)16-5-7-18(23)8-6-16/h5-9,11,13-14,24H,4,10,12H2,1-3H3. The Morgan fingerprint density at radius 3 is 2.39 bits per heavy atom. The van der Waals surface area contributed by atoms with Crippen LogP contribution in [0.4, 0.5) is 4.39 Å². The van der Waals surface area contributed by atoms with Crippen molar-refractivity contribution >= 4 is 9.84 Å². The first kappa shape index (κ1) is 20.3. The second-order valence-corrected chi connectivity index (χ2v) is 8.71. The van der Waals surface area contributed by atoms with Crippen LogP contribution in [0.5, 0.6) is 0 Å². The highest BCUT2D eigenvalue weighted by Crippen LogP contribution is 2.39. The number of sulfone groups is 1. The van der Waals surface area contributed by atoms with Crippen molar-refractivity contribution in [2.24, 2.45) is 0 Å². The van der Waals surface area contributed by atoms with Crippen molar-refractivity contribution in [3.05, 3.63) is 65.7 Å². The molecule has 0 radical (unpaired) electrons. The number of halogens is 1. The van der Waals surface area contributed by atoms with Crippen LogP contribution in [0.15, 0.2) is 53.7 Å². The largest absolute Gasteiger partial charge is 0.381 e. The number of aromatic amines is 1. The number of ether oxygens (including phenoxy) is 1. The van der Waals surface area contributed by atoms with E-state index in [2.05, 4.69) is 4.98 Å². The minimum absolute atomic E-state index is 0.285. The number of hydrogen-bond acceptors (Lipinski definition) is 3. The van der Waals surface area contributed by atoms with Gasteiger partial charge in [-0.05, 0) is 77.9 Å². The molecule has 1 aromatic heterocycles. The molecule has 3 rings (SSSR count). The van der Waals surface area contributed by atoms with Crippen LogP contribution < -0.4 is 0 Å². The lowest BCUT2D eigenvalue weighted by molar-refractivity contribution is 0.150. The van der Waals surface area contributed by atoms with Gasteiger partial charge in [0.05, 0.1) is 11.5 Å². The third-order valence-corrected chi connectivity index (χ3v) is 5.96. The van der Waals surface area contributed by atoms with Gasteiger partial charge in [0.25, 0.3) is 0 Å². The molecule has 0 atom stereocenters. The van der Waals surface area contributed by atoms with Gasteiger partial charge in [-0.2, -0.15) is 0 Å². The highest BCUT2D eigenvalue weighted by molar-refractivity contribution is 7.90. The van der Waals surface area contributed by atoms with E-state index in [0.717, 1.165) is 27.8 Å². The van der Waals surface area contributed by atoms with Crippen LogP contribution in [0, 0.1) is 12.7 Å². The van der Waals surface area contributed by atoms with Gasteiger partial charge in [-0.1, -0.05) is 12.1 Å². The van der Waals surface area contributed by atoms with Gasteiger partial charge >= 0.3 is 0 Å². The fraction of sp³-hybridized carbons (Fsp3) is 0.273. The van der Waals surface area contributed by atoms with Crippen molar-refractivity contribution in [1.82, 2.24) is 4.98 Å². The number of nitrogens with one attached hydrogen (secondary N) is 1. The van der Waals surface area contributed by atoms with Crippen molar-refractivity contribution in [2.75, 3.05) is 19.5 Å². The molecule has 4 nitrogen and oxygen atoms in total. The van der Waals surface area contributed by atoms with Crippen LogP contribution >= 0.6 is 0 Å². The van der Waals surface area contributed by atoms with Gasteiger partial charge in [0, 0.05) is 25.3 Å². The molecule has 0 spiro atoms. The Hall–Kier alpha value is -2.44. The predicted octanol–water partition coefficient (Wildman–Crippen LogP) is 4.78. The zero-order valence-corrected chi connectivity index (χ0v) is 17.1. The third-order valence-electron chi connectivity index (χ3n) is 4.80. The summed E-state index contributed by atoms with van der Waals surface area (Å²) in [5.74, 6) is -0.331. The van der Waals surface area contributed by atoms with Gasteiger partial charge in [0.15, 0.2) is 9.84 Å². The zero-order valence-electron chi connectivity index (χ0n) is 16.3. The lowest BCUT2D eigenvalue weighted by atomic mass is 9.88. The Labute approximate surface area is 165 Å². The van der Waals surface area contributed by atoms with Crippen LogP contribution in [0.25, 0.3) is 22.3 Å². The molecule has 0 aliphatic carbocycles. The maximum Gasteiger partial charge on any atom is 0.175 e. The quantitative estimate of drug-likeness (QED) is 0.580. The van der Waals surface area contributed by atoms with Gasteiger partial charge in [0.1, 0.15) is 5.82 Å². The molecule has 0 aliphatic rings. The molecule has 2 aromatic carbocycles. The number of rotatable bonds is 7. The summed E-state index contributed by atoms with van der Waals surface area (Å²) < 4.78 is 44.3. The molecule has 0 fully saturated rings. The number of hydrogen-bond donors (Lipinski definition) is 1. The maximum atomic E-state index is 13.5. The van der Waals surface area contributed by atoms with Crippen LogP contribution in [-0.2, 0) is 21.0 Å². The fourth-order valence-electron chi connectivity index (χ4n) is 3.51. The molecule has 6 heteroatoms. The summed E-state index contributed by atoms with van der Waals surface area (Å²) in [5.41, 5.74) is 5.00. The Morgan fingerprint density at radius 1 is 1.11 bits per heavy atom. The third kappa shape index (κ3) is 4.18. The summed E-state index contributed by atoms with van der Waals surface area (Å²) in [6, 6.07) is 9.81. The summed E-state index contributed by atoms with van der Waals surface area (Å²) in [6.45, 7) is 4.84. The molecule has 0 unspecified atom stereocenters. The van der Waals surface area contributed by atoms with E-state index < -0.39 is 9.84 Å². The smallest absolute Gasteiger partial charge is 0.175 e. The molecule has 0 saturated heterocycles. The van der Waals surface area contributed by atoms with E-state index in [9.17, 15) is 12.8 Å². The Morgan fingerprint density at radius 2 is 1.82 bits per heavy atom. The summed E-state index contributed by atoms with van der Waals surface area (Å²) >= 11 is 0. The average molecular weight is 402 g/mol. The van der Waals surface area contributed by atoms with Crippen LogP contribution in [-0.4, -0.2) is 32.9 Å². The number of H-pyrrole nitrogens is 1. The first-order valence-corrected chi connectivity index (χ1v) is 11.1. The van der Waals surface area contributed by atoms with Crippen LogP contribution in [0.1, 0.15) is 18.1 Å². The molecule has 1 heterocycles. The normalized spacial score (nSPS) is 11.7. The van der Waals surface area contributed by atoms with E-state index in [-0.39, 0.29) is 10.7 Å². The molecule has 28 heavy (non-hydrogen) atoms. The predicted molar refractivity (Wildman–Crippen MR) is 110 cm³/mol. The highest BCUT2D eigenvalue weighted by atomic mass is 32.2. The molecule has 1 N–H and O–H groups in total. The molecule has 0 amide bonds. The van der Waals surface area contributed by atoms with Gasteiger partial charge < -0.3 is 9.72 Å². The zero-order chi connectivity index (χ0) is 20.3. The molecule has 0 bridgehead atoms. The molecule has 3 aromatic rings. The van der Waals surface area contributed by atoms with Gasteiger partial charge in [-0.3, -0.25) is 0 Å². The van der Waals surface area contributed by atoms with E-state index in [0.29, 0.717) is 25.2 Å². The Kier molecular flexibility index (Phi) is 6.01. The average Bonchev–Trinajstić information content (AvgIpc) is 3.16. The second kappa shape index (κ2) is 8.29. The van der Waals surface area contributed by atoms with E-state index in [4.69, 9.17) is 4.74 Å². The minimum atomic E-state index is -3.48. The molecular weight excluding hydrogens is 377 g/mol. The molecule has 148 valence electrons. The first-order chi connectivity index (χ1) is 13.3. The van der Waals surface area contributed by atoms with Gasteiger partial charge in [-0.25, -0.2) is 12.8 Å². The minimum Gasteiger partial charge on any atom is -0.381 e. The fourth-order valence-corrected chi connectivity index (χ4v) is 4.49. The maximum absolute atomic E-state index is 13.5. The van der Waals surface area contributed by atoms with Crippen molar-refractivity contribution in [3.8, 4) is 22.3 Å².